The molecule has 1 saturated heterocycles. The van der Waals surface area contributed by atoms with Crippen molar-refractivity contribution in [2.24, 2.45) is 5.92 Å². The number of fused-ring (bicyclic) bond motifs is 1. The Morgan fingerprint density at radius 2 is 1.88 bits per heavy atom. The number of aromatic nitrogens is 4. The third kappa shape index (κ3) is 4.75. The largest absolute Gasteiger partial charge is 0.350 e. The molecule has 8 heteroatoms. The smallest absolute Gasteiger partial charge is 0.225 e. The van der Waals surface area contributed by atoms with E-state index in [0.717, 1.165) is 43.1 Å². The van der Waals surface area contributed by atoms with E-state index in [1.54, 1.807) is 30.5 Å². The van der Waals surface area contributed by atoms with Gasteiger partial charge in [0.15, 0.2) is 5.65 Å². The zero-order chi connectivity index (χ0) is 23.3. The van der Waals surface area contributed by atoms with Crippen LogP contribution in [-0.4, -0.2) is 32.6 Å². The lowest BCUT2D eigenvalue weighted by Gasteiger charge is -2.23. The molecule has 0 saturated carbocycles. The lowest BCUT2D eigenvalue weighted by Crippen LogP contribution is -2.28. The summed E-state index contributed by atoms with van der Waals surface area (Å²) >= 11 is 0. The Morgan fingerprint density at radius 1 is 1.09 bits per heavy atom. The molecule has 2 aromatic carbocycles. The highest BCUT2D eigenvalue weighted by Gasteiger charge is 2.18. The van der Waals surface area contributed by atoms with Crippen molar-refractivity contribution < 1.29 is 4.39 Å². The zero-order valence-electron chi connectivity index (χ0n) is 18.8. The number of benzene rings is 2. The highest BCUT2D eigenvalue weighted by molar-refractivity contribution is 5.77. The molecular formula is C26H26FN7. The number of piperidine rings is 1. The van der Waals surface area contributed by atoms with Gasteiger partial charge < -0.3 is 15.2 Å². The number of halogens is 1. The Labute approximate surface area is 197 Å². The molecule has 0 atom stereocenters. The minimum Gasteiger partial charge on any atom is -0.350 e. The van der Waals surface area contributed by atoms with Gasteiger partial charge in [0.1, 0.15) is 17.2 Å². The van der Waals surface area contributed by atoms with Crippen LogP contribution in [0.1, 0.15) is 30.4 Å². The van der Waals surface area contributed by atoms with Gasteiger partial charge in [-0.25, -0.2) is 14.4 Å². The molecule has 0 aliphatic carbocycles. The van der Waals surface area contributed by atoms with Crippen molar-refractivity contribution in [1.82, 2.24) is 24.8 Å². The van der Waals surface area contributed by atoms with Gasteiger partial charge in [-0.3, -0.25) is 0 Å². The van der Waals surface area contributed by atoms with Crippen LogP contribution in [0.15, 0.2) is 54.7 Å². The molecule has 1 fully saturated rings. The predicted octanol–water partition coefficient (Wildman–Crippen LogP) is 4.51. The summed E-state index contributed by atoms with van der Waals surface area (Å²) in [5, 5.41) is 15.7. The standard InChI is InChI=1S/C26H26FN7/c27-22-4-2-1-3-21(22)16-30-26-31-17-23-25(33-26)34(14-11-18-9-12-29-13-10-18)24(32-23)20-7-5-19(15-28)6-8-20/h1-8,17-18,29H,9-14,16H2,(H,30,31,33). The lowest BCUT2D eigenvalue weighted by molar-refractivity contribution is 0.339. The number of hydrogen-bond acceptors (Lipinski definition) is 6. The predicted molar refractivity (Wildman–Crippen MR) is 129 cm³/mol. The number of rotatable bonds is 7. The Balaban J connectivity index is 1.46. The van der Waals surface area contributed by atoms with E-state index in [2.05, 4.69) is 26.3 Å². The first-order chi connectivity index (χ1) is 16.7. The molecule has 3 heterocycles. The van der Waals surface area contributed by atoms with E-state index in [0.29, 0.717) is 35.1 Å². The van der Waals surface area contributed by atoms with Gasteiger partial charge in [0, 0.05) is 24.2 Å². The highest BCUT2D eigenvalue weighted by atomic mass is 19.1. The second-order valence-corrected chi connectivity index (χ2v) is 8.61. The number of anilines is 1. The zero-order valence-corrected chi connectivity index (χ0v) is 18.8. The highest BCUT2D eigenvalue weighted by Crippen LogP contribution is 2.27. The monoisotopic (exact) mass is 455 g/mol. The van der Waals surface area contributed by atoms with E-state index in [9.17, 15) is 4.39 Å². The van der Waals surface area contributed by atoms with Gasteiger partial charge >= 0.3 is 0 Å². The maximum atomic E-state index is 14.0. The van der Waals surface area contributed by atoms with Gasteiger partial charge in [-0.15, -0.1) is 0 Å². The molecular weight excluding hydrogens is 429 g/mol. The number of aryl methyl sites for hydroxylation is 1. The average Bonchev–Trinajstić information content (AvgIpc) is 3.25. The van der Waals surface area contributed by atoms with Gasteiger partial charge in [-0.2, -0.15) is 10.2 Å². The molecule has 4 aromatic rings. The molecule has 2 N–H and O–H groups in total. The molecule has 0 radical (unpaired) electrons. The lowest BCUT2D eigenvalue weighted by atomic mass is 9.95. The number of nitrogens with zero attached hydrogens (tertiary/aromatic N) is 5. The first-order valence-corrected chi connectivity index (χ1v) is 11.6. The fraction of sp³-hybridized carbons (Fsp3) is 0.308. The van der Waals surface area contributed by atoms with Crippen molar-refractivity contribution in [1.29, 1.82) is 5.26 Å². The molecule has 5 rings (SSSR count). The normalized spacial score (nSPS) is 14.2. The van der Waals surface area contributed by atoms with Crippen molar-refractivity contribution in [3.05, 3.63) is 71.7 Å². The molecule has 1 aliphatic heterocycles. The van der Waals surface area contributed by atoms with Crippen molar-refractivity contribution in [2.75, 3.05) is 18.4 Å². The maximum Gasteiger partial charge on any atom is 0.225 e. The summed E-state index contributed by atoms with van der Waals surface area (Å²) in [5.41, 5.74) is 3.56. The summed E-state index contributed by atoms with van der Waals surface area (Å²) in [7, 11) is 0. The van der Waals surface area contributed by atoms with Crippen LogP contribution in [0.25, 0.3) is 22.6 Å². The average molecular weight is 456 g/mol. The number of nitriles is 1. The molecule has 1 aliphatic rings. The van der Waals surface area contributed by atoms with Crippen LogP contribution in [0.3, 0.4) is 0 Å². The number of nitrogens with one attached hydrogen (secondary N) is 2. The van der Waals surface area contributed by atoms with Crippen molar-refractivity contribution >= 4 is 17.1 Å². The third-order valence-electron chi connectivity index (χ3n) is 6.37. The van der Waals surface area contributed by atoms with Crippen molar-refractivity contribution in [3.63, 3.8) is 0 Å². The minimum absolute atomic E-state index is 0.258. The second-order valence-electron chi connectivity index (χ2n) is 8.61. The Kier molecular flexibility index (Phi) is 6.45. The summed E-state index contributed by atoms with van der Waals surface area (Å²) < 4.78 is 16.2. The van der Waals surface area contributed by atoms with Gasteiger partial charge in [0.2, 0.25) is 5.95 Å². The van der Waals surface area contributed by atoms with Gasteiger partial charge in [-0.05, 0) is 68.6 Å². The third-order valence-corrected chi connectivity index (χ3v) is 6.37. The molecule has 0 unspecified atom stereocenters. The minimum atomic E-state index is -0.258. The van der Waals surface area contributed by atoms with Gasteiger partial charge in [-0.1, -0.05) is 18.2 Å². The summed E-state index contributed by atoms with van der Waals surface area (Å²) in [5.74, 6) is 1.65. The quantitative estimate of drug-likeness (QED) is 0.426. The molecule has 0 spiro atoms. The van der Waals surface area contributed by atoms with E-state index in [1.807, 2.05) is 18.2 Å². The fourth-order valence-electron chi connectivity index (χ4n) is 4.43. The first kappa shape index (κ1) is 22.0. The summed E-state index contributed by atoms with van der Waals surface area (Å²) in [4.78, 5) is 14.0. The van der Waals surface area contributed by atoms with E-state index in [1.165, 1.54) is 18.9 Å². The van der Waals surface area contributed by atoms with Crippen LogP contribution >= 0.6 is 0 Å². The SMILES string of the molecule is N#Cc1ccc(-c2nc3cnc(NCc4ccccc4F)nc3n2CCC2CCNCC2)cc1. The maximum absolute atomic E-state index is 14.0. The van der Waals surface area contributed by atoms with Crippen LogP contribution < -0.4 is 10.6 Å². The molecule has 172 valence electrons. The van der Waals surface area contributed by atoms with E-state index in [-0.39, 0.29) is 5.82 Å². The molecule has 2 aromatic heterocycles. The summed E-state index contributed by atoms with van der Waals surface area (Å²) in [6, 6.07) is 16.3. The van der Waals surface area contributed by atoms with Crippen molar-refractivity contribution in [3.8, 4) is 17.5 Å². The summed E-state index contributed by atoms with van der Waals surface area (Å²) in [6.45, 7) is 3.21. The van der Waals surface area contributed by atoms with Crippen LogP contribution in [-0.2, 0) is 13.1 Å². The van der Waals surface area contributed by atoms with Crippen LogP contribution in [0, 0.1) is 23.1 Å². The Bertz CT molecular complexity index is 1320. The van der Waals surface area contributed by atoms with E-state index in [4.69, 9.17) is 15.2 Å². The van der Waals surface area contributed by atoms with Gasteiger partial charge in [0.25, 0.3) is 0 Å². The van der Waals surface area contributed by atoms with Gasteiger partial charge in [0.05, 0.1) is 17.8 Å². The number of imidazole rings is 1. The van der Waals surface area contributed by atoms with Crippen LogP contribution in [0.2, 0.25) is 0 Å². The first-order valence-electron chi connectivity index (χ1n) is 11.6. The fourth-order valence-corrected chi connectivity index (χ4v) is 4.43. The van der Waals surface area contributed by atoms with Crippen molar-refractivity contribution in [2.45, 2.75) is 32.4 Å². The molecule has 0 amide bonds. The second kappa shape index (κ2) is 9.98. The van der Waals surface area contributed by atoms with E-state index < -0.39 is 0 Å². The Morgan fingerprint density at radius 3 is 2.65 bits per heavy atom. The molecule has 34 heavy (non-hydrogen) atoms. The van der Waals surface area contributed by atoms with Crippen LogP contribution in [0.4, 0.5) is 10.3 Å². The summed E-state index contributed by atoms with van der Waals surface area (Å²) in [6.07, 6.45) is 5.09. The molecule has 7 nitrogen and oxygen atoms in total. The molecule has 0 bridgehead atoms. The Hall–Kier alpha value is -3.83. The topological polar surface area (TPSA) is 91.5 Å². The van der Waals surface area contributed by atoms with Crippen LogP contribution in [0.5, 0.6) is 0 Å². The number of hydrogen-bond donors (Lipinski definition) is 2. The van der Waals surface area contributed by atoms with E-state index >= 15 is 0 Å².